The van der Waals surface area contributed by atoms with E-state index in [2.05, 4.69) is 20.4 Å². The third-order valence-corrected chi connectivity index (χ3v) is 2.57. The number of amides is 1. The molecule has 1 aliphatic rings. The molecule has 0 aliphatic carbocycles. The normalized spacial score (nSPS) is 17.6. The van der Waals surface area contributed by atoms with Crippen molar-refractivity contribution >= 4 is 12.1 Å². The molecule has 0 spiro atoms. The van der Waals surface area contributed by atoms with Crippen molar-refractivity contribution in [2.45, 2.75) is 13.0 Å². The van der Waals surface area contributed by atoms with Crippen LogP contribution in [0.2, 0.25) is 0 Å². The van der Waals surface area contributed by atoms with E-state index >= 15 is 0 Å². The highest BCUT2D eigenvalue weighted by Crippen LogP contribution is 2.23. The molecule has 0 radical (unpaired) electrons. The largest absolute Gasteiger partial charge is 0.450 e. The topological polar surface area (TPSA) is 62.7 Å². The van der Waals surface area contributed by atoms with Gasteiger partial charge < -0.3 is 10.1 Å². The quantitative estimate of drug-likeness (QED) is 0.859. The molecule has 1 amide bonds. The maximum Gasteiger partial charge on any atom is 0.413 e. The first-order valence-corrected chi connectivity index (χ1v) is 5.80. The lowest BCUT2D eigenvalue weighted by Crippen LogP contribution is -2.38. The molecule has 1 unspecified atom stereocenters. The number of ether oxygens (including phenoxy) is 1. The highest BCUT2D eigenvalue weighted by Gasteiger charge is 2.22. The molecule has 0 bridgehead atoms. The van der Waals surface area contributed by atoms with Crippen LogP contribution < -0.4 is 10.6 Å². The van der Waals surface area contributed by atoms with E-state index in [0.717, 1.165) is 6.07 Å². The van der Waals surface area contributed by atoms with Crippen LogP contribution in [-0.2, 0) is 4.74 Å². The molecule has 1 heterocycles. The number of rotatable bonds is 2. The molecular weight excluding hydrogens is 256 g/mol. The van der Waals surface area contributed by atoms with Gasteiger partial charge in [0, 0.05) is 18.2 Å². The lowest BCUT2D eigenvalue weighted by atomic mass is 10.1. The third kappa shape index (κ3) is 3.18. The SMILES string of the molecule is CCOC(=O)NC1=NC(c2ccc(F)cc2F)CN1. The van der Waals surface area contributed by atoms with Gasteiger partial charge in [-0.15, -0.1) is 0 Å². The van der Waals surface area contributed by atoms with Gasteiger partial charge in [0.2, 0.25) is 5.96 Å². The predicted molar refractivity (Wildman–Crippen MR) is 64.7 cm³/mol. The van der Waals surface area contributed by atoms with Gasteiger partial charge in [-0.1, -0.05) is 6.07 Å². The zero-order chi connectivity index (χ0) is 13.8. The van der Waals surface area contributed by atoms with E-state index in [4.69, 9.17) is 0 Å². The van der Waals surface area contributed by atoms with Crippen molar-refractivity contribution in [1.29, 1.82) is 0 Å². The molecule has 0 aromatic heterocycles. The molecule has 0 fully saturated rings. The Hall–Kier alpha value is -2.18. The number of benzene rings is 1. The summed E-state index contributed by atoms with van der Waals surface area (Å²) >= 11 is 0. The van der Waals surface area contributed by atoms with E-state index in [1.807, 2.05) is 0 Å². The van der Waals surface area contributed by atoms with E-state index in [1.54, 1.807) is 6.92 Å². The number of guanidine groups is 1. The van der Waals surface area contributed by atoms with Gasteiger partial charge in [-0.05, 0) is 13.0 Å². The molecule has 1 atom stereocenters. The second kappa shape index (κ2) is 5.64. The number of alkyl carbamates (subject to hydrolysis) is 1. The molecular formula is C12H13F2N3O2. The molecule has 19 heavy (non-hydrogen) atoms. The van der Waals surface area contributed by atoms with Crippen molar-refractivity contribution in [3.05, 3.63) is 35.4 Å². The highest BCUT2D eigenvalue weighted by atomic mass is 19.1. The van der Waals surface area contributed by atoms with E-state index in [9.17, 15) is 13.6 Å². The molecule has 0 saturated carbocycles. The Morgan fingerprint density at radius 3 is 3.05 bits per heavy atom. The third-order valence-electron chi connectivity index (χ3n) is 2.57. The summed E-state index contributed by atoms with van der Waals surface area (Å²) in [6.07, 6.45) is -0.631. The smallest absolute Gasteiger partial charge is 0.413 e. The number of halogens is 2. The minimum absolute atomic E-state index is 0.215. The fourth-order valence-corrected chi connectivity index (χ4v) is 1.73. The summed E-state index contributed by atoms with van der Waals surface area (Å²) in [6.45, 7) is 2.25. The first-order chi connectivity index (χ1) is 9.10. The molecule has 2 rings (SSSR count). The first-order valence-electron chi connectivity index (χ1n) is 5.80. The van der Waals surface area contributed by atoms with E-state index < -0.39 is 23.8 Å². The Kier molecular flexibility index (Phi) is 3.94. The second-order valence-electron chi connectivity index (χ2n) is 3.89. The maximum atomic E-state index is 13.6. The van der Waals surface area contributed by atoms with Gasteiger partial charge in [0.15, 0.2) is 0 Å². The summed E-state index contributed by atoms with van der Waals surface area (Å²) in [7, 11) is 0. The van der Waals surface area contributed by atoms with Crippen molar-refractivity contribution in [2.75, 3.05) is 13.2 Å². The minimum atomic E-state index is -0.659. The van der Waals surface area contributed by atoms with Crippen LogP contribution in [0.3, 0.4) is 0 Å². The minimum Gasteiger partial charge on any atom is -0.450 e. The van der Waals surface area contributed by atoms with Crippen molar-refractivity contribution in [1.82, 2.24) is 10.6 Å². The molecule has 102 valence electrons. The molecule has 5 nitrogen and oxygen atoms in total. The van der Waals surface area contributed by atoms with Crippen molar-refractivity contribution in [3.8, 4) is 0 Å². The summed E-state index contributed by atoms with van der Waals surface area (Å²) in [5.41, 5.74) is 0.273. The molecule has 2 N–H and O–H groups in total. The number of hydrogen-bond donors (Lipinski definition) is 2. The number of nitrogens with zero attached hydrogens (tertiary/aromatic N) is 1. The van der Waals surface area contributed by atoms with Crippen LogP contribution in [0.5, 0.6) is 0 Å². The Labute approximate surface area is 108 Å². The number of carbonyl (C=O) groups excluding carboxylic acids is 1. The summed E-state index contributed by atoms with van der Waals surface area (Å²) in [5.74, 6) is -1.08. The summed E-state index contributed by atoms with van der Waals surface area (Å²) in [6, 6.07) is 2.82. The number of nitrogens with one attached hydrogen (secondary N) is 2. The van der Waals surface area contributed by atoms with E-state index in [-0.39, 0.29) is 18.1 Å². The van der Waals surface area contributed by atoms with Gasteiger partial charge in [0.05, 0.1) is 12.6 Å². The molecule has 1 aliphatic heterocycles. The average molecular weight is 269 g/mol. The number of aliphatic imine (C=N–C) groups is 1. The molecule has 0 saturated heterocycles. The maximum absolute atomic E-state index is 13.6. The molecule has 7 heteroatoms. The van der Waals surface area contributed by atoms with Gasteiger partial charge in [-0.25, -0.2) is 18.6 Å². The summed E-state index contributed by atoms with van der Waals surface area (Å²) in [4.78, 5) is 15.3. The Balaban J connectivity index is 2.07. The number of carbonyl (C=O) groups is 1. The van der Waals surface area contributed by atoms with Gasteiger partial charge >= 0.3 is 6.09 Å². The second-order valence-corrected chi connectivity index (χ2v) is 3.89. The Morgan fingerprint density at radius 2 is 2.37 bits per heavy atom. The standard InChI is InChI=1S/C12H13F2N3O2/c1-2-19-12(18)17-11-15-6-10(16-11)8-4-3-7(13)5-9(8)14/h3-5,10H,2,6H2,1H3,(H2,15,16,17,18). The summed E-state index contributed by atoms with van der Waals surface area (Å²) in [5, 5.41) is 5.21. The van der Waals surface area contributed by atoms with Crippen LogP contribution in [0.1, 0.15) is 18.5 Å². The van der Waals surface area contributed by atoms with Crippen LogP contribution in [0.25, 0.3) is 0 Å². The lowest BCUT2D eigenvalue weighted by Gasteiger charge is -2.06. The zero-order valence-corrected chi connectivity index (χ0v) is 10.2. The zero-order valence-electron chi connectivity index (χ0n) is 10.2. The van der Waals surface area contributed by atoms with Gasteiger partial charge in [-0.2, -0.15) is 0 Å². The van der Waals surface area contributed by atoms with Crippen molar-refractivity contribution in [2.24, 2.45) is 4.99 Å². The lowest BCUT2D eigenvalue weighted by molar-refractivity contribution is 0.157. The van der Waals surface area contributed by atoms with Crippen LogP contribution >= 0.6 is 0 Å². The molecule has 1 aromatic rings. The predicted octanol–water partition coefficient (Wildman–Crippen LogP) is 1.71. The van der Waals surface area contributed by atoms with Crippen LogP contribution in [-0.4, -0.2) is 25.2 Å². The fourth-order valence-electron chi connectivity index (χ4n) is 1.73. The number of hydrogen-bond acceptors (Lipinski definition) is 4. The van der Waals surface area contributed by atoms with Crippen molar-refractivity contribution in [3.63, 3.8) is 0 Å². The first kappa shape index (κ1) is 13.3. The van der Waals surface area contributed by atoms with Gasteiger partial charge in [-0.3, -0.25) is 5.32 Å². The average Bonchev–Trinajstić information content (AvgIpc) is 2.77. The van der Waals surface area contributed by atoms with Gasteiger partial charge in [0.1, 0.15) is 11.6 Å². The van der Waals surface area contributed by atoms with Crippen LogP contribution in [0.4, 0.5) is 13.6 Å². The molecule has 1 aromatic carbocycles. The Bertz CT molecular complexity index is 520. The van der Waals surface area contributed by atoms with Crippen LogP contribution in [0.15, 0.2) is 23.2 Å². The monoisotopic (exact) mass is 269 g/mol. The van der Waals surface area contributed by atoms with Crippen molar-refractivity contribution < 1.29 is 18.3 Å². The highest BCUT2D eigenvalue weighted by molar-refractivity contribution is 5.94. The Morgan fingerprint density at radius 1 is 1.58 bits per heavy atom. The fraction of sp³-hybridized carbons (Fsp3) is 0.333. The summed E-state index contributed by atoms with van der Waals surface area (Å²) < 4.78 is 31.1. The van der Waals surface area contributed by atoms with E-state index in [1.165, 1.54) is 12.1 Å². The van der Waals surface area contributed by atoms with E-state index in [0.29, 0.717) is 6.54 Å². The van der Waals surface area contributed by atoms with Gasteiger partial charge in [0.25, 0.3) is 0 Å². The van der Waals surface area contributed by atoms with Crippen LogP contribution in [0, 0.1) is 11.6 Å².